The van der Waals surface area contributed by atoms with E-state index in [-0.39, 0.29) is 12.3 Å². The number of anilines is 6. The van der Waals surface area contributed by atoms with Crippen LogP contribution in [-0.4, -0.2) is 11.3 Å². The van der Waals surface area contributed by atoms with Gasteiger partial charge in [-0.25, -0.2) is 0 Å². The molecule has 302 valence electrons. The maximum absolute atomic E-state index is 13.8. The maximum atomic E-state index is 13.8. The fraction of sp³-hybridized carbons (Fsp3) is 0.0179. The molecule has 0 unspecified atom stereocenters. The first-order valence-corrected chi connectivity index (χ1v) is 21.2. The topological polar surface area (TPSA) is 35.2 Å². The van der Waals surface area contributed by atoms with Crippen molar-refractivity contribution in [1.29, 1.82) is 5.26 Å². The molecule has 0 saturated carbocycles. The Kier molecular flexibility index (Phi) is 8.44. The van der Waals surface area contributed by atoms with Crippen LogP contribution in [0.25, 0.3) is 49.7 Å². The number of fused-ring (bicyclic) bond motifs is 7. The Balaban J connectivity index is 1.10. The molecule has 0 spiro atoms. The zero-order valence-electron chi connectivity index (χ0n) is 34.1. The molecule has 10 aromatic rings. The van der Waals surface area contributed by atoms with Crippen molar-refractivity contribution in [3.8, 4) is 34.0 Å². The first-order chi connectivity index (χ1) is 31.4. The third-order valence-corrected chi connectivity index (χ3v) is 12.8. The average molecular weight is 831 g/mol. The predicted molar refractivity (Wildman–Crippen MR) is 255 cm³/mol. The Morgan fingerprint density at radius 1 is 0.438 bits per heavy atom. The van der Waals surface area contributed by atoms with Gasteiger partial charge in [0.2, 0.25) is 0 Å². The number of alkyl halides is 3. The third-order valence-electron chi connectivity index (χ3n) is 12.8. The molecule has 0 amide bonds. The summed E-state index contributed by atoms with van der Waals surface area (Å²) in [6.45, 7) is -0.00175. The van der Waals surface area contributed by atoms with Crippen molar-refractivity contribution in [2.45, 2.75) is 6.18 Å². The summed E-state index contributed by atoms with van der Waals surface area (Å²) in [5.74, 6) is 0. The summed E-state index contributed by atoms with van der Waals surface area (Å²) >= 11 is 0. The van der Waals surface area contributed by atoms with Crippen molar-refractivity contribution in [3.63, 3.8) is 0 Å². The molecule has 0 fully saturated rings. The van der Waals surface area contributed by atoms with Gasteiger partial charge in [0.25, 0.3) is 6.71 Å². The molecular formula is C56H34BF3N4. The van der Waals surface area contributed by atoms with Crippen LogP contribution < -0.4 is 26.2 Å². The highest BCUT2D eigenvalue weighted by molar-refractivity contribution is 7.00. The van der Waals surface area contributed by atoms with E-state index in [1.165, 1.54) is 22.5 Å². The Bertz CT molecular complexity index is 3430. The van der Waals surface area contributed by atoms with Crippen LogP contribution in [0.4, 0.5) is 47.3 Å². The van der Waals surface area contributed by atoms with Crippen molar-refractivity contribution in [3.05, 3.63) is 217 Å². The Hall–Kier alpha value is -8.28. The largest absolute Gasteiger partial charge is 0.416 e. The second kappa shape index (κ2) is 14.4. The average Bonchev–Trinajstić information content (AvgIpc) is 3.67. The lowest BCUT2D eigenvalue weighted by atomic mass is 9.33. The number of para-hydroxylation sites is 6. The van der Waals surface area contributed by atoms with E-state index >= 15 is 0 Å². The first kappa shape index (κ1) is 37.5. The number of nitrogens with zero attached hydrogens (tertiary/aromatic N) is 4. The van der Waals surface area contributed by atoms with Crippen LogP contribution in [0.2, 0.25) is 0 Å². The predicted octanol–water partition coefficient (Wildman–Crippen LogP) is 13.1. The summed E-state index contributed by atoms with van der Waals surface area (Å²) in [6, 6.07) is 71.2. The molecule has 0 N–H and O–H groups in total. The number of hydrogen-bond acceptors (Lipinski definition) is 3. The Morgan fingerprint density at radius 3 is 1.61 bits per heavy atom. The van der Waals surface area contributed by atoms with Crippen molar-refractivity contribution >= 4 is 79.0 Å². The summed E-state index contributed by atoms with van der Waals surface area (Å²) in [5, 5.41) is 12.2. The van der Waals surface area contributed by atoms with Crippen LogP contribution in [0.3, 0.4) is 0 Å². The molecule has 0 aliphatic carbocycles. The van der Waals surface area contributed by atoms with Crippen LogP contribution in [0.1, 0.15) is 11.1 Å². The van der Waals surface area contributed by atoms with Gasteiger partial charge in [-0.3, -0.25) is 0 Å². The van der Waals surface area contributed by atoms with Gasteiger partial charge in [-0.15, -0.1) is 0 Å². The molecule has 1 aromatic heterocycles. The zero-order chi connectivity index (χ0) is 43.1. The van der Waals surface area contributed by atoms with Crippen LogP contribution >= 0.6 is 0 Å². The van der Waals surface area contributed by atoms with Gasteiger partial charge in [-0.2, -0.15) is 18.4 Å². The minimum absolute atomic E-state index is 0.00175. The Morgan fingerprint density at radius 2 is 0.984 bits per heavy atom. The zero-order valence-corrected chi connectivity index (χ0v) is 34.1. The normalized spacial score (nSPS) is 12.8. The highest BCUT2D eigenvalue weighted by Gasteiger charge is 2.43. The molecule has 2 aliphatic heterocycles. The fourth-order valence-electron chi connectivity index (χ4n) is 10.1. The van der Waals surface area contributed by atoms with Crippen LogP contribution in [-0.2, 0) is 6.18 Å². The van der Waals surface area contributed by atoms with E-state index in [1.807, 2.05) is 42.5 Å². The quantitative estimate of drug-likeness (QED) is 0.162. The van der Waals surface area contributed by atoms with Crippen molar-refractivity contribution < 1.29 is 13.2 Å². The molecule has 3 heterocycles. The van der Waals surface area contributed by atoms with Gasteiger partial charge in [0.15, 0.2) is 0 Å². The second-order valence-corrected chi connectivity index (χ2v) is 16.3. The molecule has 0 saturated heterocycles. The van der Waals surface area contributed by atoms with Crippen molar-refractivity contribution in [2.24, 2.45) is 0 Å². The molecule has 0 atom stereocenters. The van der Waals surface area contributed by atoms with Crippen LogP contribution in [0.5, 0.6) is 0 Å². The smallest absolute Gasteiger partial charge is 0.311 e. The Labute approximate surface area is 368 Å². The van der Waals surface area contributed by atoms with Gasteiger partial charge in [-0.05, 0) is 112 Å². The maximum Gasteiger partial charge on any atom is 0.416 e. The van der Waals surface area contributed by atoms with Crippen LogP contribution in [0, 0.1) is 11.3 Å². The monoisotopic (exact) mass is 830 g/mol. The summed E-state index contributed by atoms with van der Waals surface area (Å²) in [6.07, 6.45) is -4.57. The number of nitriles is 1. The second-order valence-electron chi connectivity index (χ2n) is 16.3. The highest BCUT2D eigenvalue weighted by atomic mass is 19.4. The van der Waals surface area contributed by atoms with E-state index in [2.05, 4.69) is 166 Å². The van der Waals surface area contributed by atoms with Gasteiger partial charge >= 0.3 is 6.18 Å². The molecule has 64 heavy (non-hydrogen) atoms. The van der Waals surface area contributed by atoms with Gasteiger partial charge in [0, 0.05) is 56.0 Å². The lowest BCUT2D eigenvalue weighted by Crippen LogP contribution is -2.61. The molecule has 4 nitrogen and oxygen atoms in total. The fourth-order valence-corrected chi connectivity index (χ4v) is 10.1. The van der Waals surface area contributed by atoms with Gasteiger partial charge in [0.1, 0.15) is 0 Å². The summed E-state index contributed by atoms with van der Waals surface area (Å²) in [7, 11) is 0. The van der Waals surface area contributed by atoms with E-state index in [1.54, 1.807) is 0 Å². The molecule has 0 radical (unpaired) electrons. The lowest BCUT2D eigenvalue weighted by Gasteiger charge is -2.44. The van der Waals surface area contributed by atoms with Gasteiger partial charge in [-0.1, -0.05) is 121 Å². The van der Waals surface area contributed by atoms with E-state index in [0.29, 0.717) is 11.1 Å². The number of rotatable bonds is 5. The van der Waals surface area contributed by atoms with E-state index < -0.39 is 11.7 Å². The molecule has 9 aromatic carbocycles. The van der Waals surface area contributed by atoms with Crippen LogP contribution in [0.15, 0.2) is 206 Å². The van der Waals surface area contributed by atoms with Gasteiger partial charge < -0.3 is 14.4 Å². The number of aromatic nitrogens is 1. The van der Waals surface area contributed by atoms with Crippen molar-refractivity contribution in [2.75, 3.05) is 9.80 Å². The molecule has 2 aliphatic rings. The third kappa shape index (κ3) is 5.71. The SMILES string of the molecule is N#Cc1cc(C(F)(F)F)ccc1-c1ccccc1-n1c2ccccc2c2cc(-c3cc4c5c(c3)N(c3ccccc3)c3ccccc3B5c3ccccc3N4c3ccccc3)ccc21. The summed E-state index contributed by atoms with van der Waals surface area (Å²) < 4.78 is 43.5. The summed E-state index contributed by atoms with van der Waals surface area (Å²) in [5.41, 5.74) is 15.3. The molecule has 12 rings (SSSR count). The first-order valence-electron chi connectivity index (χ1n) is 21.2. The minimum Gasteiger partial charge on any atom is -0.311 e. The van der Waals surface area contributed by atoms with Crippen molar-refractivity contribution in [1.82, 2.24) is 4.57 Å². The standard InChI is InChI=1S/C56H34BF3N4/c58-56(59,60)39-28-29-42(38(31-39)35-61)43-19-7-11-23-48(43)64-49-24-12-8-20-44(49)45-32-36(27-30-50(45)64)37-33-53-55-54(34-37)63(41-17-5-2-6-18-41)52-26-14-10-22-47(52)57(55)46-21-9-13-25-51(46)62(53)40-15-3-1-4-16-40/h1-34H. The molecular weight excluding hydrogens is 796 g/mol. The van der Waals surface area contributed by atoms with Gasteiger partial charge in [0.05, 0.1) is 33.9 Å². The number of hydrogen-bond donors (Lipinski definition) is 0. The summed E-state index contributed by atoms with van der Waals surface area (Å²) in [4.78, 5) is 4.81. The van der Waals surface area contributed by atoms with E-state index in [0.717, 1.165) is 84.9 Å². The van der Waals surface area contributed by atoms with E-state index in [4.69, 9.17) is 0 Å². The molecule has 8 heteroatoms. The lowest BCUT2D eigenvalue weighted by molar-refractivity contribution is -0.137. The highest BCUT2D eigenvalue weighted by Crippen LogP contribution is 2.47. The van der Waals surface area contributed by atoms with E-state index in [9.17, 15) is 18.4 Å². The number of halogens is 3. The minimum atomic E-state index is -4.57. The molecule has 0 bridgehead atoms. The number of benzene rings is 9.